The highest BCUT2D eigenvalue weighted by molar-refractivity contribution is 5.97. The van der Waals surface area contributed by atoms with E-state index in [1.807, 2.05) is 18.2 Å². The van der Waals surface area contributed by atoms with Gasteiger partial charge in [0.05, 0.1) is 20.3 Å². The fraction of sp³-hybridized carbons (Fsp3) is 0.485. The molecule has 2 aliphatic heterocycles. The van der Waals surface area contributed by atoms with Gasteiger partial charge in [-0.05, 0) is 85.3 Å². The number of aliphatic hydroxyl groups excluding tert-OH is 1. The minimum Gasteiger partial charge on any atom is -0.493 e. The topological polar surface area (TPSA) is 62.2 Å². The van der Waals surface area contributed by atoms with Gasteiger partial charge >= 0.3 is 0 Å². The maximum Gasteiger partial charge on any atom is 0.254 e. The summed E-state index contributed by atoms with van der Waals surface area (Å²) in [4.78, 5) is 17.8. The molecule has 1 amide bonds. The van der Waals surface area contributed by atoms with E-state index in [1.165, 1.54) is 23.1 Å². The Labute approximate surface area is 244 Å². The first-order valence-electron chi connectivity index (χ1n) is 14.3. The lowest BCUT2D eigenvalue weighted by molar-refractivity contribution is 0.0673. The standard InChI is InChI=1S/C33H42N2O4.ClH/c1-22-16-26-13-15-35(33(37)30(26)17-23(22)2)20-24-8-5-6-14-34(19-24)21-27(36)18-25-9-7-10-29-28(25)11-12-31(38-3)32(29)39-4;/h7,9-12,16-17,24,27,36H,5-6,8,13-15,18-21H2,1-4H3;1H. The van der Waals surface area contributed by atoms with Gasteiger partial charge in [-0.15, -0.1) is 12.4 Å². The van der Waals surface area contributed by atoms with Gasteiger partial charge < -0.3 is 24.4 Å². The normalized spacial score (nSPS) is 18.6. The van der Waals surface area contributed by atoms with E-state index in [0.717, 1.165) is 73.1 Å². The van der Waals surface area contributed by atoms with Crippen LogP contribution in [0, 0.1) is 19.8 Å². The Kier molecular flexibility index (Phi) is 9.99. The van der Waals surface area contributed by atoms with Crippen LogP contribution in [0.3, 0.4) is 0 Å². The lowest BCUT2D eigenvalue weighted by atomic mass is 9.93. The van der Waals surface area contributed by atoms with Gasteiger partial charge in [0.2, 0.25) is 0 Å². The van der Waals surface area contributed by atoms with Gasteiger partial charge in [-0.25, -0.2) is 0 Å². The molecule has 3 aromatic rings. The first kappa shape index (κ1) is 30.2. The smallest absolute Gasteiger partial charge is 0.254 e. The Morgan fingerprint density at radius 3 is 2.58 bits per heavy atom. The Morgan fingerprint density at radius 1 is 1.00 bits per heavy atom. The van der Waals surface area contributed by atoms with E-state index < -0.39 is 6.10 Å². The van der Waals surface area contributed by atoms with E-state index in [4.69, 9.17) is 9.47 Å². The van der Waals surface area contributed by atoms with Gasteiger partial charge in [-0.1, -0.05) is 36.8 Å². The summed E-state index contributed by atoms with van der Waals surface area (Å²) in [6, 6.07) is 14.4. The minimum absolute atomic E-state index is 0. The molecule has 1 fully saturated rings. The molecule has 0 saturated carbocycles. The Morgan fingerprint density at radius 2 is 1.80 bits per heavy atom. The molecule has 1 saturated heterocycles. The number of fused-ring (bicyclic) bond motifs is 2. The second-order valence-corrected chi connectivity index (χ2v) is 11.4. The van der Waals surface area contributed by atoms with Crippen molar-refractivity contribution in [3.8, 4) is 11.5 Å². The van der Waals surface area contributed by atoms with Crippen molar-refractivity contribution in [2.75, 3.05) is 46.9 Å². The Balaban J connectivity index is 0.00000370. The molecule has 3 aromatic carbocycles. The van der Waals surface area contributed by atoms with Crippen molar-refractivity contribution < 1.29 is 19.4 Å². The third-order valence-electron chi connectivity index (χ3n) is 8.63. The molecule has 0 spiro atoms. The molecule has 2 atom stereocenters. The molecule has 40 heavy (non-hydrogen) atoms. The third kappa shape index (κ3) is 6.40. The van der Waals surface area contributed by atoms with Gasteiger partial charge in [0.25, 0.3) is 5.91 Å². The summed E-state index contributed by atoms with van der Waals surface area (Å²) >= 11 is 0. The molecular weight excluding hydrogens is 524 g/mol. The molecule has 216 valence electrons. The van der Waals surface area contributed by atoms with Crippen molar-refractivity contribution in [3.05, 3.63) is 70.3 Å². The molecule has 7 heteroatoms. The highest BCUT2D eigenvalue weighted by atomic mass is 35.5. The van der Waals surface area contributed by atoms with Crippen molar-refractivity contribution in [1.29, 1.82) is 0 Å². The van der Waals surface area contributed by atoms with E-state index in [9.17, 15) is 9.90 Å². The molecule has 1 N–H and O–H groups in total. The van der Waals surface area contributed by atoms with Crippen LogP contribution in [0.25, 0.3) is 10.8 Å². The monoisotopic (exact) mass is 566 g/mol. The van der Waals surface area contributed by atoms with Crippen LogP contribution in [-0.4, -0.2) is 73.9 Å². The Hall–Kier alpha value is -2.80. The van der Waals surface area contributed by atoms with Crippen LogP contribution in [0.5, 0.6) is 11.5 Å². The zero-order chi connectivity index (χ0) is 27.5. The first-order valence-corrected chi connectivity index (χ1v) is 14.3. The number of methoxy groups -OCH3 is 2. The largest absolute Gasteiger partial charge is 0.493 e. The molecule has 5 rings (SSSR count). The molecule has 0 bridgehead atoms. The fourth-order valence-electron chi connectivity index (χ4n) is 6.47. The maximum absolute atomic E-state index is 13.4. The number of ether oxygens (including phenoxy) is 2. The van der Waals surface area contributed by atoms with Crippen molar-refractivity contribution in [2.24, 2.45) is 5.92 Å². The fourth-order valence-corrected chi connectivity index (χ4v) is 6.47. The summed E-state index contributed by atoms with van der Waals surface area (Å²) in [7, 11) is 3.31. The van der Waals surface area contributed by atoms with Gasteiger partial charge in [0.15, 0.2) is 11.5 Å². The average molecular weight is 567 g/mol. The van der Waals surface area contributed by atoms with Gasteiger partial charge in [0.1, 0.15) is 0 Å². The van der Waals surface area contributed by atoms with Gasteiger partial charge in [0, 0.05) is 43.5 Å². The van der Waals surface area contributed by atoms with E-state index in [0.29, 0.717) is 24.6 Å². The second kappa shape index (κ2) is 13.2. The molecule has 6 nitrogen and oxygen atoms in total. The molecule has 0 aromatic heterocycles. The number of carbonyl (C=O) groups excluding carboxylic acids is 1. The predicted octanol–water partition coefficient (Wildman–Crippen LogP) is 5.60. The summed E-state index contributed by atoms with van der Waals surface area (Å²) in [5.74, 6) is 2.03. The number of rotatable bonds is 8. The summed E-state index contributed by atoms with van der Waals surface area (Å²) < 4.78 is 11.1. The molecule has 0 aliphatic carbocycles. The lowest BCUT2D eigenvalue weighted by Gasteiger charge is -2.34. The summed E-state index contributed by atoms with van der Waals surface area (Å²) in [5.41, 5.74) is 5.62. The quantitative estimate of drug-likeness (QED) is 0.384. The van der Waals surface area contributed by atoms with Crippen molar-refractivity contribution >= 4 is 29.1 Å². The number of nitrogens with zero attached hydrogens (tertiary/aromatic N) is 2. The zero-order valence-electron chi connectivity index (χ0n) is 24.2. The Bertz CT molecular complexity index is 1340. The highest BCUT2D eigenvalue weighted by Crippen LogP contribution is 2.37. The third-order valence-corrected chi connectivity index (χ3v) is 8.63. The molecule has 2 heterocycles. The van der Waals surface area contributed by atoms with Crippen LogP contribution in [0.4, 0.5) is 0 Å². The number of carbonyl (C=O) groups is 1. The summed E-state index contributed by atoms with van der Waals surface area (Å²) in [5, 5.41) is 13.3. The zero-order valence-corrected chi connectivity index (χ0v) is 25.1. The first-order chi connectivity index (χ1) is 18.9. The van der Waals surface area contributed by atoms with Crippen LogP contribution in [-0.2, 0) is 12.8 Å². The van der Waals surface area contributed by atoms with Crippen LogP contribution in [0.2, 0.25) is 0 Å². The van der Waals surface area contributed by atoms with Crippen molar-refractivity contribution in [1.82, 2.24) is 9.80 Å². The number of benzene rings is 3. The maximum atomic E-state index is 13.4. The number of amides is 1. The number of likely N-dealkylation sites (tertiary alicyclic amines) is 1. The van der Waals surface area contributed by atoms with E-state index in [1.54, 1.807) is 14.2 Å². The van der Waals surface area contributed by atoms with Crippen molar-refractivity contribution in [3.63, 3.8) is 0 Å². The molecular formula is C33H43ClN2O4. The molecule has 2 unspecified atom stereocenters. The number of hydrogen-bond donors (Lipinski definition) is 1. The summed E-state index contributed by atoms with van der Waals surface area (Å²) in [6.45, 7) is 8.34. The number of aliphatic hydroxyl groups is 1. The van der Waals surface area contributed by atoms with E-state index in [-0.39, 0.29) is 18.3 Å². The van der Waals surface area contributed by atoms with E-state index in [2.05, 4.69) is 47.9 Å². The lowest BCUT2D eigenvalue weighted by Crippen LogP contribution is -2.44. The van der Waals surface area contributed by atoms with Crippen LogP contribution in [0.1, 0.15) is 51.9 Å². The number of β-amino-alcohol motifs (C(OH)–C–C–N with tert-alkyl or cyclic N) is 1. The predicted molar refractivity (Wildman–Crippen MR) is 163 cm³/mol. The van der Waals surface area contributed by atoms with Crippen molar-refractivity contribution in [2.45, 2.75) is 52.1 Å². The SMILES string of the molecule is COc1ccc2c(CC(O)CN3CCCCC(CN4CCc5cc(C)c(C)cc5C4=O)C3)cccc2c1OC.Cl. The van der Waals surface area contributed by atoms with E-state index >= 15 is 0 Å². The number of hydrogen-bond acceptors (Lipinski definition) is 5. The van der Waals surface area contributed by atoms with Crippen LogP contribution >= 0.6 is 12.4 Å². The molecule has 0 radical (unpaired) electrons. The number of aryl methyl sites for hydroxylation is 2. The van der Waals surface area contributed by atoms with Crippen LogP contribution in [0.15, 0.2) is 42.5 Å². The molecule has 2 aliphatic rings. The summed E-state index contributed by atoms with van der Waals surface area (Å²) in [6.07, 6.45) is 4.45. The second-order valence-electron chi connectivity index (χ2n) is 11.4. The highest BCUT2D eigenvalue weighted by Gasteiger charge is 2.29. The average Bonchev–Trinajstić information content (AvgIpc) is 3.15. The van der Waals surface area contributed by atoms with Gasteiger partial charge in [-0.3, -0.25) is 4.79 Å². The minimum atomic E-state index is -0.475. The van der Waals surface area contributed by atoms with Gasteiger partial charge in [-0.2, -0.15) is 0 Å². The van der Waals surface area contributed by atoms with Crippen LogP contribution < -0.4 is 9.47 Å². The number of halogens is 1.